The Bertz CT molecular complexity index is 498. The lowest BCUT2D eigenvalue weighted by atomic mass is 9.87. The largest absolute Gasteiger partial charge is 0.346 e. The first-order chi connectivity index (χ1) is 10.6. The Balaban J connectivity index is 2.28. The lowest BCUT2D eigenvalue weighted by molar-refractivity contribution is -0.117. The van der Waals surface area contributed by atoms with Crippen molar-refractivity contribution in [2.45, 2.75) is 25.3 Å². The Labute approximate surface area is 132 Å². The second-order valence-electron chi connectivity index (χ2n) is 6.09. The lowest BCUT2D eigenvalue weighted by Gasteiger charge is -2.45. The van der Waals surface area contributed by atoms with Crippen LogP contribution in [0.2, 0.25) is 0 Å². The van der Waals surface area contributed by atoms with Gasteiger partial charge in [-0.1, -0.05) is 18.2 Å². The maximum absolute atomic E-state index is 11.9. The molecule has 0 aromatic heterocycles. The highest BCUT2D eigenvalue weighted by molar-refractivity contribution is 5.77. The number of benzene rings is 1. The van der Waals surface area contributed by atoms with E-state index < -0.39 is 5.54 Å². The average Bonchev–Trinajstić information content (AvgIpc) is 2.53. The van der Waals surface area contributed by atoms with Gasteiger partial charge in [0.1, 0.15) is 12.1 Å². The van der Waals surface area contributed by atoms with Gasteiger partial charge >= 0.3 is 0 Å². The summed E-state index contributed by atoms with van der Waals surface area (Å²) in [5.74, 6) is 0.126. The van der Waals surface area contributed by atoms with E-state index in [0.717, 1.165) is 37.9 Å². The lowest BCUT2D eigenvalue weighted by Crippen LogP contribution is -2.59. The maximum atomic E-state index is 11.9. The van der Waals surface area contributed by atoms with Gasteiger partial charge < -0.3 is 15.0 Å². The molecule has 1 aliphatic rings. The van der Waals surface area contributed by atoms with Crippen molar-refractivity contribution in [3.63, 3.8) is 0 Å². The van der Waals surface area contributed by atoms with Crippen LogP contribution in [0.1, 0.15) is 19.8 Å². The minimum absolute atomic E-state index is 0.126. The third-order valence-corrected chi connectivity index (χ3v) is 4.17. The monoisotopic (exact) mass is 303 g/mol. The van der Waals surface area contributed by atoms with Gasteiger partial charge in [0.05, 0.1) is 18.8 Å². The zero-order valence-corrected chi connectivity index (χ0v) is 13.4. The zero-order valence-electron chi connectivity index (χ0n) is 13.4. The van der Waals surface area contributed by atoms with Crippen LogP contribution in [-0.4, -0.2) is 55.9 Å². The van der Waals surface area contributed by atoms with Gasteiger partial charge in [-0.25, -0.2) is 0 Å². The Morgan fingerprint density at radius 1 is 1.27 bits per heavy atom. The molecule has 5 heteroatoms. The van der Waals surface area contributed by atoms with Crippen molar-refractivity contribution >= 4 is 17.8 Å². The summed E-state index contributed by atoms with van der Waals surface area (Å²) in [6.45, 7) is 4.19. The van der Waals surface area contributed by atoms with Crippen LogP contribution in [0.3, 0.4) is 0 Å². The highest BCUT2D eigenvalue weighted by Gasteiger charge is 2.38. The van der Waals surface area contributed by atoms with Crippen LogP contribution in [0, 0.1) is 0 Å². The summed E-state index contributed by atoms with van der Waals surface area (Å²) in [6, 6.07) is 9.97. The number of likely N-dealkylation sites (N-methyl/N-ethyl adjacent to an activating group) is 1. The third-order valence-electron chi connectivity index (χ3n) is 4.17. The van der Waals surface area contributed by atoms with Crippen molar-refractivity contribution in [2.24, 2.45) is 0 Å². The molecule has 0 radical (unpaired) electrons. The predicted molar refractivity (Wildman–Crippen MR) is 88.0 cm³/mol. The van der Waals surface area contributed by atoms with Crippen molar-refractivity contribution in [1.82, 2.24) is 10.2 Å². The molecule has 0 saturated carbocycles. The van der Waals surface area contributed by atoms with E-state index in [1.807, 2.05) is 42.3 Å². The molecule has 0 atom stereocenters. The molecule has 1 aliphatic heterocycles. The van der Waals surface area contributed by atoms with Gasteiger partial charge in [-0.2, -0.15) is 0 Å². The number of nitrogens with zero attached hydrogens (tertiary/aromatic N) is 2. The molecule has 0 aliphatic carbocycles. The third kappa shape index (κ3) is 3.93. The smallest absolute Gasteiger partial charge is 0.145 e. The zero-order chi connectivity index (χ0) is 16.0. The molecule has 5 nitrogen and oxygen atoms in total. The number of aldehydes is 1. The molecular formula is C17H25N3O2. The quantitative estimate of drug-likeness (QED) is 0.608. The van der Waals surface area contributed by atoms with Gasteiger partial charge in [-0.3, -0.25) is 9.69 Å². The van der Waals surface area contributed by atoms with E-state index in [4.69, 9.17) is 0 Å². The topological polar surface area (TPSA) is 52.7 Å². The molecule has 22 heavy (non-hydrogen) atoms. The van der Waals surface area contributed by atoms with Crippen molar-refractivity contribution < 1.29 is 9.59 Å². The van der Waals surface area contributed by atoms with Gasteiger partial charge in [0.25, 0.3) is 0 Å². The van der Waals surface area contributed by atoms with Crippen LogP contribution in [0.15, 0.2) is 30.3 Å². The summed E-state index contributed by atoms with van der Waals surface area (Å²) in [7, 11) is 1.91. The van der Waals surface area contributed by atoms with Crippen molar-refractivity contribution in [3.05, 3.63) is 30.3 Å². The molecule has 0 amide bonds. The van der Waals surface area contributed by atoms with Crippen LogP contribution in [0.25, 0.3) is 0 Å². The van der Waals surface area contributed by atoms with Crippen LogP contribution < -0.4 is 10.2 Å². The molecule has 2 rings (SSSR count). The van der Waals surface area contributed by atoms with Gasteiger partial charge in [0, 0.05) is 5.69 Å². The summed E-state index contributed by atoms with van der Waals surface area (Å²) in [4.78, 5) is 27.4. The number of ketones is 1. The standard InChI is InChI=1S/C17H25N3O2/c1-15(22)12-19(2)14-20(16-6-4-3-5-7-16)17(13-21)8-10-18-11-9-17/h3-7,13,18H,8-12,14H2,1-2H3. The first-order valence-electron chi connectivity index (χ1n) is 7.75. The van der Waals surface area contributed by atoms with E-state index in [0.29, 0.717) is 13.2 Å². The van der Waals surface area contributed by atoms with E-state index >= 15 is 0 Å². The summed E-state index contributed by atoms with van der Waals surface area (Å²) in [6.07, 6.45) is 2.64. The van der Waals surface area contributed by atoms with Gasteiger partial charge in [0.2, 0.25) is 0 Å². The molecule has 1 fully saturated rings. The number of nitrogens with one attached hydrogen (secondary N) is 1. The molecule has 0 spiro atoms. The average molecular weight is 303 g/mol. The number of anilines is 1. The molecule has 1 aromatic rings. The first-order valence-corrected chi connectivity index (χ1v) is 7.75. The minimum atomic E-state index is -0.502. The fourth-order valence-corrected chi connectivity index (χ4v) is 3.07. The van der Waals surface area contributed by atoms with Gasteiger partial charge in [-0.15, -0.1) is 0 Å². The number of Topliss-reactive ketones (excluding diaryl/α,β-unsaturated/α-hetero) is 1. The minimum Gasteiger partial charge on any atom is -0.346 e. The molecule has 0 bridgehead atoms. The first kappa shape index (κ1) is 16.6. The molecule has 1 aromatic carbocycles. The van der Waals surface area contributed by atoms with Crippen LogP contribution >= 0.6 is 0 Å². The van der Waals surface area contributed by atoms with Crippen LogP contribution in [-0.2, 0) is 9.59 Å². The molecule has 120 valence electrons. The van der Waals surface area contributed by atoms with Crippen LogP contribution in [0.5, 0.6) is 0 Å². The molecule has 0 unspecified atom stereocenters. The highest BCUT2D eigenvalue weighted by atomic mass is 16.1. The van der Waals surface area contributed by atoms with Gasteiger partial charge in [-0.05, 0) is 52.0 Å². The Kier molecular flexibility index (Phi) is 5.69. The van der Waals surface area contributed by atoms with E-state index in [-0.39, 0.29) is 5.78 Å². The number of carbonyl (C=O) groups is 2. The number of hydrogen-bond donors (Lipinski definition) is 1. The van der Waals surface area contributed by atoms with Crippen LogP contribution in [0.4, 0.5) is 5.69 Å². The fraction of sp³-hybridized carbons (Fsp3) is 0.529. The van der Waals surface area contributed by atoms with Crippen molar-refractivity contribution in [2.75, 3.05) is 38.3 Å². The Hall–Kier alpha value is -1.72. The number of hydrogen-bond acceptors (Lipinski definition) is 5. The summed E-state index contributed by atoms with van der Waals surface area (Å²) in [5.41, 5.74) is 0.518. The second-order valence-corrected chi connectivity index (χ2v) is 6.09. The predicted octanol–water partition coefficient (Wildman–Crippen LogP) is 1.29. The number of para-hydroxylation sites is 1. The summed E-state index contributed by atoms with van der Waals surface area (Å²) in [5, 5.41) is 3.31. The van der Waals surface area contributed by atoms with Crippen molar-refractivity contribution in [1.29, 1.82) is 0 Å². The van der Waals surface area contributed by atoms with E-state index in [2.05, 4.69) is 10.2 Å². The summed E-state index contributed by atoms with van der Waals surface area (Å²) >= 11 is 0. The Morgan fingerprint density at radius 2 is 1.91 bits per heavy atom. The normalized spacial score (nSPS) is 17.2. The van der Waals surface area contributed by atoms with Crippen molar-refractivity contribution in [3.8, 4) is 0 Å². The van der Waals surface area contributed by atoms with Gasteiger partial charge in [0.15, 0.2) is 0 Å². The van der Waals surface area contributed by atoms with E-state index in [1.54, 1.807) is 6.92 Å². The molecular weight excluding hydrogens is 278 g/mol. The second kappa shape index (κ2) is 7.51. The number of carbonyl (C=O) groups excluding carboxylic acids is 2. The summed E-state index contributed by atoms with van der Waals surface area (Å²) < 4.78 is 0. The van der Waals surface area contributed by atoms with E-state index in [9.17, 15) is 9.59 Å². The number of rotatable bonds is 7. The number of piperidine rings is 1. The molecule has 1 N–H and O–H groups in total. The SMILES string of the molecule is CC(=O)CN(C)CN(c1ccccc1)C1(C=O)CCNCC1. The fourth-order valence-electron chi connectivity index (χ4n) is 3.07. The molecule has 1 saturated heterocycles. The van der Waals surface area contributed by atoms with E-state index in [1.165, 1.54) is 0 Å². The highest BCUT2D eigenvalue weighted by Crippen LogP contribution is 2.30. The maximum Gasteiger partial charge on any atom is 0.145 e. The Morgan fingerprint density at radius 3 is 2.45 bits per heavy atom. The molecule has 1 heterocycles.